The largest absolute Gasteiger partial charge is 0.398 e. The highest BCUT2D eigenvalue weighted by atomic mass is 32.2. The molecule has 0 saturated heterocycles. The highest BCUT2D eigenvalue weighted by Crippen LogP contribution is 2.23. The highest BCUT2D eigenvalue weighted by molar-refractivity contribution is 7.89. The molecule has 0 aliphatic heterocycles. The van der Waals surface area contributed by atoms with Crippen LogP contribution in [-0.2, 0) is 10.0 Å². The zero-order chi connectivity index (χ0) is 14.8. The zero-order valence-corrected chi connectivity index (χ0v) is 12.5. The van der Waals surface area contributed by atoms with E-state index < -0.39 is 15.8 Å². The van der Waals surface area contributed by atoms with Gasteiger partial charge in [-0.2, -0.15) is 0 Å². The fourth-order valence-corrected chi connectivity index (χ4v) is 3.87. The Morgan fingerprint density at radius 1 is 1.20 bits per heavy atom. The van der Waals surface area contributed by atoms with Gasteiger partial charge in [-0.25, -0.2) is 17.5 Å². The van der Waals surface area contributed by atoms with Crippen molar-refractivity contribution in [3.63, 3.8) is 0 Å². The normalized spacial score (nSPS) is 17.9. The molecule has 112 valence electrons. The van der Waals surface area contributed by atoms with Gasteiger partial charge in [-0.1, -0.05) is 25.7 Å². The van der Waals surface area contributed by atoms with Crippen molar-refractivity contribution >= 4 is 15.7 Å². The minimum atomic E-state index is -3.71. The van der Waals surface area contributed by atoms with Gasteiger partial charge >= 0.3 is 0 Å². The van der Waals surface area contributed by atoms with E-state index in [4.69, 9.17) is 5.73 Å². The summed E-state index contributed by atoms with van der Waals surface area (Å²) in [4.78, 5) is -0.0950. The predicted octanol–water partition coefficient (Wildman–Crippen LogP) is 2.72. The van der Waals surface area contributed by atoms with Crippen molar-refractivity contribution < 1.29 is 12.8 Å². The average molecular weight is 300 g/mol. The van der Waals surface area contributed by atoms with Gasteiger partial charge in [0.05, 0.1) is 4.90 Å². The van der Waals surface area contributed by atoms with Crippen LogP contribution in [-0.4, -0.2) is 14.5 Å². The van der Waals surface area contributed by atoms with Gasteiger partial charge in [0.25, 0.3) is 0 Å². The summed E-state index contributed by atoms with van der Waals surface area (Å²) < 4.78 is 40.9. The topological polar surface area (TPSA) is 72.2 Å². The van der Waals surface area contributed by atoms with E-state index in [1.807, 2.05) is 0 Å². The van der Waals surface area contributed by atoms with Crippen LogP contribution >= 0.6 is 0 Å². The van der Waals surface area contributed by atoms with Crippen molar-refractivity contribution in [2.45, 2.75) is 56.4 Å². The maximum absolute atomic E-state index is 13.6. The van der Waals surface area contributed by atoms with Crippen LogP contribution < -0.4 is 10.5 Å². The van der Waals surface area contributed by atoms with Gasteiger partial charge in [0.2, 0.25) is 10.0 Å². The second-order valence-corrected chi connectivity index (χ2v) is 7.14. The Morgan fingerprint density at radius 3 is 2.35 bits per heavy atom. The minimum absolute atomic E-state index is 0.0620. The monoisotopic (exact) mass is 300 g/mol. The number of benzene rings is 1. The molecule has 1 saturated carbocycles. The Morgan fingerprint density at radius 2 is 1.80 bits per heavy atom. The van der Waals surface area contributed by atoms with Crippen molar-refractivity contribution in [2.24, 2.45) is 0 Å². The molecule has 1 aliphatic rings. The number of halogens is 1. The molecule has 1 aromatic rings. The smallest absolute Gasteiger partial charge is 0.240 e. The third-order valence-corrected chi connectivity index (χ3v) is 5.35. The van der Waals surface area contributed by atoms with Crippen molar-refractivity contribution in [1.82, 2.24) is 4.72 Å². The Hall–Kier alpha value is -1.14. The highest BCUT2D eigenvalue weighted by Gasteiger charge is 2.22. The summed E-state index contributed by atoms with van der Waals surface area (Å²) in [6.45, 7) is 1.53. The van der Waals surface area contributed by atoms with Crippen LogP contribution in [0.15, 0.2) is 17.0 Å². The van der Waals surface area contributed by atoms with Crippen molar-refractivity contribution in [3.05, 3.63) is 23.5 Å². The van der Waals surface area contributed by atoms with E-state index in [-0.39, 0.29) is 22.2 Å². The van der Waals surface area contributed by atoms with E-state index in [0.29, 0.717) is 0 Å². The van der Waals surface area contributed by atoms with Crippen LogP contribution in [0.2, 0.25) is 0 Å². The van der Waals surface area contributed by atoms with Crippen LogP contribution in [0.25, 0.3) is 0 Å². The summed E-state index contributed by atoms with van der Waals surface area (Å²) >= 11 is 0. The number of anilines is 1. The molecular formula is C14H21FN2O2S. The Bertz CT molecular complexity index is 556. The van der Waals surface area contributed by atoms with Gasteiger partial charge in [0, 0.05) is 17.3 Å². The third kappa shape index (κ3) is 3.49. The van der Waals surface area contributed by atoms with E-state index in [1.165, 1.54) is 13.0 Å². The third-order valence-electron chi connectivity index (χ3n) is 3.85. The zero-order valence-electron chi connectivity index (χ0n) is 11.7. The SMILES string of the molecule is Cc1c(N)cc(S(=O)(=O)NC2CCCCCC2)cc1F. The number of hydrogen-bond donors (Lipinski definition) is 2. The molecule has 4 nitrogen and oxygen atoms in total. The second kappa shape index (κ2) is 6.10. The minimum Gasteiger partial charge on any atom is -0.398 e. The summed E-state index contributed by atoms with van der Waals surface area (Å²) in [6.07, 6.45) is 6.01. The molecule has 0 bridgehead atoms. The first-order valence-corrected chi connectivity index (χ1v) is 8.46. The van der Waals surface area contributed by atoms with Crippen LogP contribution in [0.3, 0.4) is 0 Å². The second-order valence-electron chi connectivity index (χ2n) is 5.43. The van der Waals surface area contributed by atoms with E-state index in [2.05, 4.69) is 4.72 Å². The molecule has 0 atom stereocenters. The lowest BCUT2D eigenvalue weighted by Gasteiger charge is -2.17. The Kier molecular flexibility index (Phi) is 4.65. The quantitative estimate of drug-likeness (QED) is 0.666. The van der Waals surface area contributed by atoms with Crippen molar-refractivity contribution in [3.8, 4) is 0 Å². The van der Waals surface area contributed by atoms with Crippen LogP contribution in [0.1, 0.15) is 44.1 Å². The molecule has 20 heavy (non-hydrogen) atoms. The molecule has 0 radical (unpaired) electrons. The molecule has 0 heterocycles. The summed E-state index contributed by atoms with van der Waals surface area (Å²) in [7, 11) is -3.71. The van der Waals surface area contributed by atoms with Crippen LogP contribution in [0.4, 0.5) is 10.1 Å². The number of nitrogens with two attached hydrogens (primary N) is 1. The van der Waals surface area contributed by atoms with Gasteiger partial charge in [-0.15, -0.1) is 0 Å². The molecule has 1 aromatic carbocycles. The van der Waals surface area contributed by atoms with Gasteiger partial charge in [-0.05, 0) is 31.9 Å². The molecule has 6 heteroatoms. The molecule has 0 aromatic heterocycles. The standard InChI is InChI=1S/C14H21FN2O2S/c1-10-13(15)8-12(9-14(10)16)20(18,19)17-11-6-4-2-3-5-7-11/h8-9,11,17H,2-7,16H2,1H3. The predicted molar refractivity (Wildman–Crippen MR) is 77.4 cm³/mol. The van der Waals surface area contributed by atoms with Gasteiger partial charge in [0.1, 0.15) is 5.82 Å². The molecule has 0 spiro atoms. The molecule has 2 rings (SSSR count). The summed E-state index contributed by atoms with van der Waals surface area (Å²) in [5.74, 6) is -0.591. The summed E-state index contributed by atoms with van der Waals surface area (Å²) in [5.41, 5.74) is 6.08. The maximum Gasteiger partial charge on any atom is 0.240 e. The van der Waals surface area contributed by atoms with E-state index in [9.17, 15) is 12.8 Å². The lowest BCUT2D eigenvalue weighted by Crippen LogP contribution is -2.34. The first kappa shape index (κ1) is 15.3. The van der Waals surface area contributed by atoms with Gasteiger partial charge in [0.15, 0.2) is 0 Å². The van der Waals surface area contributed by atoms with Crippen LogP contribution in [0, 0.1) is 12.7 Å². The number of rotatable bonds is 3. The fourth-order valence-electron chi connectivity index (χ4n) is 2.51. The Labute approximate surface area is 119 Å². The molecule has 1 aliphatic carbocycles. The number of nitrogens with one attached hydrogen (secondary N) is 1. The number of hydrogen-bond acceptors (Lipinski definition) is 3. The molecule has 0 amide bonds. The first-order valence-electron chi connectivity index (χ1n) is 6.98. The average Bonchev–Trinajstić information content (AvgIpc) is 2.63. The lowest BCUT2D eigenvalue weighted by atomic mass is 10.1. The van der Waals surface area contributed by atoms with E-state index in [1.54, 1.807) is 0 Å². The summed E-state index contributed by atoms with van der Waals surface area (Å²) in [6, 6.07) is 2.29. The molecule has 1 fully saturated rings. The number of nitrogen functional groups attached to an aromatic ring is 1. The first-order chi connectivity index (χ1) is 9.40. The van der Waals surface area contributed by atoms with Crippen molar-refractivity contribution in [2.75, 3.05) is 5.73 Å². The lowest BCUT2D eigenvalue weighted by molar-refractivity contribution is 0.509. The maximum atomic E-state index is 13.6. The van der Waals surface area contributed by atoms with Gasteiger partial charge < -0.3 is 5.73 Å². The van der Waals surface area contributed by atoms with Crippen molar-refractivity contribution in [1.29, 1.82) is 0 Å². The Balaban J connectivity index is 2.21. The molecular weight excluding hydrogens is 279 g/mol. The van der Waals surface area contributed by atoms with Gasteiger partial charge in [-0.3, -0.25) is 0 Å². The molecule has 0 unspecified atom stereocenters. The molecule has 3 N–H and O–H groups in total. The van der Waals surface area contributed by atoms with Crippen LogP contribution in [0.5, 0.6) is 0 Å². The number of sulfonamides is 1. The van der Waals surface area contributed by atoms with E-state index in [0.717, 1.165) is 44.6 Å². The summed E-state index contributed by atoms with van der Waals surface area (Å²) in [5, 5.41) is 0. The fraction of sp³-hybridized carbons (Fsp3) is 0.571. The van der Waals surface area contributed by atoms with E-state index >= 15 is 0 Å².